The Morgan fingerprint density at radius 2 is 2.30 bits per heavy atom. The molecule has 0 aromatic carbocycles. The molecule has 0 saturated carbocycles. The van der Waals surface area contributed by atoms with Gasteiger partial charge >= 0.3 is 5.69 Å². The fourth-order valence-corrected chi connectivity index (χ4v) is 1.84. The number of aromatic nitrogens is 3. The molecule has 0 radical (unpaired) electrons. The molecule has 0 fully saturated rings. The molecule has 0 spiro atoms. The number of nitrogens with two attached hydrogens (primary N) is 1. The van der Waals surface area contributed by atoms with E-state index in [1.54, 1.807) is 6.07 Å². The quantitative estimate of drug-likeness (QED) is 0.419. The number of rotatable bonds is 6. The molecule has 0 aliphatic heterocycles. The molecule has 0 atom stereocenters. The van der Waals surface area contributed by atoms with E-state index in [-0.39, 0.29) is 11.5 Å². The number of H-pyrrole nitrogens is 1. The molecule has 0 aliphatic carbocycles. The number of pyridine rings is 1. The Balaban J connectivity index is 1.84. The molecule has 0 saturated heterocycles. The Morgan fingerprint density at radius 3 is 2.90 bits per heavy atom. The van der Waals surface area contributed by atoms with Crippen LogP contribution in [-0.2, 0) is 6.42 Å². The maximum atomic E-state index is 10.6. The Labute approximate surface area is 115 Å². The number of nitro groups is 1. The summed E-state index contributed by atoms with van der Waals surface area (Å²) in [6.07, 6.45) is 3.62. The van der Waals surface area contributed by atoms with Gasteiger partial charge in [0.1, 0.15) is 5.82 Å². The average molecular weight is 276 g/mol. The molecular formula is C12H16N6O2. The monoisotopic (exact) mass is 276 g/mol. The van der Waals surface area contributed by atoms with Crippen molar-refractivity contribution in [3.8, 4) is 0 Å². The highest BCUT2D eigenvalue weighted by molar-refractivity contribution is 5.57. The van der Waals surface area contributed by atoms with Gasteiger partial charge in [-0.2, -0.15) is 5.10 Å². The van der Waals surface area contributed by atoms with Crippen LogP contribution in [0.4, 0.5) is 17.3 Å². The van der Waals surface area contributed by atoms with E-state index < -0.39 is 4.92 Å². The first kappa shape index (κ1) is 13.8. The van der Waals surface area contributed by atoms with Gasteiger partial charge < -0.3 is 11.1 Å². The smallest absolute Gasteiger partial charge is 0.311 e. The number of hydrogen-bond donors (Lipinski definition) is 3. The van der Waals surface area contributed by atoms with E-state index in [1.807, 2.05) is 13.1 Å². The van der Waals surface area contributed by atoms with Crippen molar-refractivity contribution >= 4 is 17.3 Å². The van der Waals surface area contributed by atoms with Gasteiger partial charge in [-0.25, -0.2) is 4.98 Å². The maximum absolute atomic E-state index is 10.6. The molecule has 2 aromatic rings. The number of hydrogen-bond acceptors (Lipinski definition) is 6. The summed E-state index contributed by atoms with van der Waals surface area (Å²) in [4.78, 5) is 14.0. The fourth-order valence-electron chi connectivity index (χ4n) is 1.84. The Bertz CT molecular complexity index is 610. The fraction of sp³-hybridized carbons (Fsp3) is 0.333. The van der Waals surface area contributed by atoms with Crippen molar-refractivity contribution in [3.05, 3.63) is 39.7 Å². The lowest BCUT2D eigenvalue weighted by Gasteiger charge is -2.06. The van der Waals surface area contributed by atoms with E-state index >= 15 is 0 Å². The maximum Gasteiger partial charge on any atom is 0.311 e. The van der Waals surface area contributed by atoms with Crippen LogP contribution < -0.4 is 11.1 Å². The number of aryl methyl sites for hydroxylation is 2. The van der Waals surface area contributed by atoms with Crippen molar-refractivity contribution in [2.75, 3.05) is 17.6 Å². The average Bonchev–Trinajstić information content (AvgIpc) is 2.80. The van der Waals surface area contributed by atoms with Gasteiger partial charge in [0.05, 0.1) is 11.1 Å². The topological polar surface area (TPSA) is 123 Å². The van der Waals surface area contributed by atoms with Crippen molar-refractivity contribution < 1.29 is 4.92 Å². The molecule has 8 nitrogen and oxygen atoms in total. The van der Waals surface area contributed by atoms with Crippen LogP contribution in [0, 0.1) is 17.0 Å². The number of nitrogen functional groups attached to an aromatic ring is 1. The lowest BCUT2D eigenvalue weighted by molar-refractivity contribution is -0.384. The molecule has 2 rings (SSSR count). The van der Waals surface area contributed by atoms with Crippen LogP contribution in [0.5, 0.6) is 0 Å². The van der Waals surface area contributed by atoms with Crippen molar-refractivity contribution in [1.29, 1.82) is 0 Å². The lowest BCUT2D eigenvalue weighted by Crippen LogP contribution is -2.07. The highest BCUT2D eigenvalue weighted by Crippen LogP contribution is 2.20. The molecule has 106 valence electrons. The van der Waals surface area contributed by atoms with Crippen LogP contribution in [-0.4, -0.2) is 26.6 Å². The second kappa shape index (κ2) is 6.00. The first-order valence-corrected chi connectivity index (χ1v) is 6.21. The van der Waals surface area contributed by atoms with Gasteiger partial charge in [0.25, 0.3) is 0 Å². The van der Waals surface area contributed by atoms with Gasteiger partial charge in [0, 0.05) is 18.3 Å². The largest absolute Gasteiger partial charge is 0.378 e. The lowest BCUT2D eigenvalue weighted by atomic mass is 10.1. The van der Waals surface area contributed by atoms with Crippen LogP contribution in [0.25, 0.3) is 0 Å². The standard InChI is InChI=1S/C12H16N6O2/c1-8-9(7-15-17-8)3-2-6-14-11-5-4-10(18(19)20)12(13)16-11/h4-5,7H,2-3,6H2,1H3,(H,15,17)(H3,13,14,16). The van der Waals surface area contributed by atoms with E-state index in [4.69, 9.17) is 5.73 Å². The number of nitrogens with one attached hydrogen (secondary N) is 2. The number of nitrogens with zero attached hydrogens (tertiary/aromatic N) is 3. The zero-order valence-electron chi connectivity index (χ0n) is 11.1. The predicted molar refractivity (Wildman–Crippen MR) is 75.4 cm³/mol. The minimum Gasteiger partial charge on any atom is -0.378 e. The molecule has 8 heteroatoms. The van der Waals surface area contributed by atoms with E-state index in [2.05, 4.69) is 20.5 Å². The SMILES string of the molecule is Cc1[nH]ncc1CCCNc1ccc([N+](=O)[O-])c(N)n1. The van der Waals surface area contributed by atoms with E-state index in [0.717, 1.165) is 18.5 Å². The van der Waals surface area contributed by atoms with Crippen LogP contribution in [0.2, 0.25) is 0 Å². The molecule has 4 N–H and O–H groups in total. The third-order valence-corrected chi connectivity index (χ3v) is 2.96. The molecule has 0 bridgehead atoms. The van der Waals surface area contributed by atoms with Crippen LogP contribution >= 0.6 is 0 Å². The summed E-state index contributed by atoms with van der Waals surface area (Å²) in [5.41, 5.74) is 7.60. The van der Waals surface area contributed by atoms with E-state index in [9.17, 15) is 10.1 Å². The van der Waals surface area contributed by atoms with Gasteiger partial charge in [-0.3, -0.25) is 15.2 Å². The summed E-state index contributed by atoms with van der Waals surface area (Å²) in [6.45, 7) is 2.68. The molecule has 0 aliphatic rings. The minimum atomic E-state index is -0.548. The van der Waals surface area contributed by atoms with Crippen molar-refractivity contribution in [2.45, 2.75) is 19.8 Å². The first-order chi connectivity index (χ1) is 9.58. The zero-order chi connectivity index (χ0) is 14.5. The third-order valence-electron chi connectivity index (χ3n) is 2.96. The number of aromatic amines is 1. The summed E-state index contributed by atoms with van der Waals surface area (Å²) in [5, 5.41) is 20.5. The van der Waals surface area contributed by atoms with Gasteiger partial charge in [0.2, 0.25) is 5.82 Å². The van der Waals surface area contributed by atoms with Crippen molar-refractivity contribution in [3.63, 3.8) is 0 Å². The predicted octanol–water partition coefficient (Wildman–Crippen LogP) is 1.65. The van der Waals surface area contributed by atoms with Crippen LogP contribution in [0.3, 0.4) is 0 Å². The third kappa shape index (κ3) is 3.22. The van der Waals surface area contributed by atoms with Crippen molar-refractivity contribution in [2.24, 2.45) is 0 Å². The second-order valence-electron chi connectivity index (χ2n) is 4.41. The highest BCUT2D eigenvalue weighted by Gasteiger charge is 2.12. The van der Waals surface area contributed by atoms with Gasteiger partial charge in [-0.1, -0.05) is 0 Å². The zero-order valence-corrected chi connectivity index (χ0v) is 11.1. The summed E-state index contributed by atoms with van der Waals surface area (Å²) in [6, 6.07) is 2.91. The Kier molecular flexibility index (Phi) is 4.14. The van der Waals surface area contributed by atoms with Crippen LogP contribution in [0.15, 0.2) is 18.3 Å². The van der Waals surface area contributed by atoms with Gasteiger partial charge in [0.15, 0.2) is 0 Å². The second-order valence-corrected chi connectivity index (χ2v) is 4.41. The summed E-state index contributed by atoms with van der Waals surface area (Å²) in [5.74, 6) is 0.461. The first-order valence-electron chi connectivity index (χ1n) is 6.21. The molecule has 0 amide bonds. The van der Waals surface area contributed by atoms with E-state index in [0.29, 0.717) is 12.4 Å². The highest BCUT2D eigenvalue weighted by atomic mass is 16.6. The molecule has 2 aromatic heterocycles. The summed E-state index contributed by atoms with van der Waals surface area (Å²) in [7, 11) is 0. The van der Waals surface area contributed by atoms with Gasteiger partial charge in [-0.05, 0) is 31.4 Å². The molecular weight excluding hydrogens is 260 g/mol. The Morgan fingerprint density at radius 1 is 1.50 bits per heavy atom. The van der Waals surface area contributed by atoms with E-state index in [1.165, 1.54) is 11.6 Å². The molecule has 20 heavy (non-hydrogen) atoms. The Hall–Kier alpha value is -2.64. The van der Waals surface area contributed by atoms with Gasteiger partial charge in [-0.15, -0.1) is 0 Å². The summed E-state index contributed by atoms with van der Waals surface area (Å²) < 4.78 is 0. The van der Waals surface area contributed by atoms with Crippen LogP contribution in [0.1, 0.15) is 17.7 Å². The molecule has 0 unspecified atom stereocenters. The van der Waals surface area contributed by atoms with Crippen molar-refractivity contribution in [1.82, 2.24) is 15.2 Å². The summed E-state index contributed by atoms with van der Waals surface area (Å²) >= 11 is 0. The number of anilines is 2. The molecule has 2 heterocycles. The normalized spacial score (nSPS) is 10.4. The minimum absolute atomic E-state index is 0.0781.